The van der Waals surface area contributed by atoms with E-state index >= 15 is 0 Å². The lowest BCUT2D eigenvalue weighted by Gasteiger charge is -2.15. The standard InChI is InChI=1S/C17H18N6O2S/c1-10-2-5-14(26-10)17(24)22-7-6-12(8-22)23-9-13(19-21-23)16-18-15(20-25-16)11-3-4-11/h2,5,9,11-12H,3-4,6-8H2,1H3. The lowest BCUT2D eigenvalue weighted by molar-refractivity contribution is 0.0791. The van der Waals surface area contributed by atoms with Gasteiger partial charge >= 0.3 is 0 Å². The average molecular weight is 370 g/mol. The third kappa shape index (κ3) is 2.82. The first-order valence-corrected chi connectivity index (χ1v) is 9.60. The van der Waals surface area contributed by atoms with E-state index in [4.69, 9.17) is 4.52 Å². The van der Waals surface area contributed by atoms with Gasteiger partial charge in [-0.15, -0.1) is 16.4 Å². The number of nitrogens with zero attached hydrogens (tertiary/aromatic N) is 6. The Morgan fingerprint density at radius 1 is 1.31 bits per heavy atom. The van der Waals surface area contributed by atoms with Crippen molar-refractivity contribution in [3.8, 4) is 11.6 Å². The van der Waals surface area contributed by atoms with Crippen molar-refractivity contribution in [2.75, 3.05) is 13.1 Å². The van der Waals surface area contributed by atoms with Crippen LogP contribution < -0.4 is 0 Å². The van der Waals surface area contributed by atoms with Gasteiger partial charge in [0.05, 0.1) is 17.1 Å². The molecule has 134 valence electrons. The van der Waals surface area contributed by atoms with Crippen LogP contribution in [0.5, 0.6) is 0 Å². The summed E-state index contributed by atoms with van der Waals surface area (Å²) in [6.45, 7) is 3.37. The summed E-state index contributed by atoms with van der Waals surface area (Å²) in [5.74, 6) is 1.71. The first-order valence-electron chi connectivity index (χ1n) is 8.79. The van der Waals surface area contributed by atoms with E-state index in [1.165, 1.54) is 11.3 Å². The number of amides is 1. The molecule has 2 aliphatic rings. The number of rotatable bonds is 4. The molecule has 1 saturated carbocycles. The van der Waals surface area contributed by atoms with Gasteiger partial charge in [0, 0.05) is 23.9 Å². The molecule has 2 fully saturated rings. The highest BCUT2D eigenvalue weighted by Crippen LogP contribution is 2.38. The second-order valence-corrected chi connectivity index (χ2v) is 8.21. The maximum absolute atomic E-state index is 12.6. The number of thiophene rings is 1. The number of aryl methyl sites for hydroxylation is 1. The Kier molecular flexibility index (Phi) is 3.63. The van der Waals surface area contributed by atoms with Gasteiger partial charge in [0.1, 0.15) is 0 Å². The molecule has 0 spiro atoms. The van der Waals surface area contributed by atoms with Gasteiger partial charge in [-0.2, -0.15) is 4.98 Å². The van der Waals surface area contributed by atoms with Gasteiger partial charge in [-0.3, -0.25) is 4.79 Å². The van der Waals surface area contributed by atoms with Crippen LogP contribution in [0.25, 0.3) is 11.6 Å². The summed E-state index contributed by atoms with van der Waals surface area (Å²) in [5, 5.41) is 12.4. The molecule has 4 heterocycles. The van der Waals surface area contributed by atoms with Crippen LogP contribution in [0.1, 0.15) is 51.6 Å². The molecule has 26 heavy (non-hydrogen) atoms. The van der Waals surface area contributed by atoms with Gasteiger partial charge in [0.25, 0.3) is 11.8 Å². The minimum absolute atomic E-state index is 0.0944. The maximum Gasteiger partial charge on any atom is 0.280 e. The van der Waals surface area contributed by atoms with Crippen LogP contribution >= 0.6 is 11.3 Å². The molecule has 1 saturated heterocycles. The van der Waals surface area contributed by atoms with Gasteiger partial charge < -0.3 is 9.42 Å². The highest BCUT2D eigenvalue weighted by atomic mass is 32.1. The van der Waals surface area contributed by atoms with Gasteiger partial charge in [-0.25, -0.2) is 4.68 Å². The second-order valence-electron chi connectivity index (χ2n) is 6.92. The molecule has 3 aromatic heterocycles. The summed E-state index contributed by atoms with van der Waals surface area (Å²) >= 11 is 1.54. The number of hydrogen-bond donors (Lipinski definition) is 0. The van der Waals surface area contributed by atoms with Gasteiger partial charge in [-0.1, -0.05) is 10.4 Å². The Bertz CT molecular complexity index is 956. The fraction of sp³-hybridized carbons (Fsp3) is 0.471. The molecule has 1 aliphatic heterocycles. The van der Waals surface area contributed by atoms with Crippen molar-refractivity contribution in [3.63, 3.8) is 0 Å². The molecule has 1 atom stereocenters. The summed E-state index contributed by atoms with van der Waals surface area (Å²) in [6, 6.07) is 4.00. The number of aromatic nitrogens is 5. The lowest BCUT2D eigenvalue weighted by Crippen LogP contribution is -2.28. The van der Waals surface area contributed by atoms with Crippen molar-refractivity contribution in [2.24, 2.45) is 0 Å². The quantitative estimate of drug-likeness (QED) is 0.701. The zero-order valence-corrected chi connectivity index (χ0v) is 15.1. The fourth-order valence-electron chi connectivity index (χ4n) is 3.25. The van der Waals surface area contributed by atoms with Crippen molar-refractivity contribution in [3.05, 3.63) is 33.9 Å². The highest BCUT2D eigenvalue weighted by Gasteiger charge is 2.31. The summed E-state index contributed by atoms with van der Waals surface area (Å²) < 4.78 is 7.12. The molecule has 0 radical (unpaired) electrons. The van der Waals surface area contributed by atoms with Crippen LogP contribution in [-0.2, 0) is 0 Å². The Hall–Kier alpha value is -2.55. The van der Waals surface area contributed by atoms with Crippen LogP contribution in [0.3, 0.4) is 0 Å². The molecule has 0 N–H and O–H groups in total. The zero-order valence-electron chi connectivity index (χ0n) is 14.3. The zero-order chi connectivity index (χ0) is 17.7. The van der Waals surface area contributed by atoms with Crippen LogP contribution in [0.15, 0.2) is 22.9 Å². The third-order valence-electron chi connectivity index (χ3n) is 4.89. The van der Waals surface area contributed by atoms with E-state index in [1.807, 2.05) is 34.8 Å². The minimum atomic E-state index is 0.0944. The van der Waals surface area contributed by atoms with Crippen molar-refractivity contribution < 1.29 is 9.32 Å². The molecule has 5 rings (SSSR count). The predicted octanol–water partition coefficient (Wildman–Crippen LogP) is 2.66. The van der Waals surface area contributed by atoms with Crippen LogP contribution in [0.4, 0.5) is 0 Å². The molecule has 0 bridgehead atoms. The molecular weight excluding hydrogens is 352 g/mol. The van der Waals surface area contributed by atoms with E-state index in [1.54, 1.807) is 0 Å². The summed E-state index contributed by atoms with van der Waals surface area (Å²) in [4.78, 5) is 20.8. The predicted molar refractivity (Wildman–Crippen MR) is 93.9 cm³/mol. The van der Waals surface area contributed by atoms with E-state index in [-0.39, 0.29) is 11.9 Å². The number of hydrogen-bond acceptors (Lipinski definition) is 7. The van der Waals surface area contributed by atoms with Crippen molar-refractivity contribution >= 4 is 17.2 Å². The summed E-state index contributed by atoms with van der Waals surface area (Å²) in [6.07, 6.45) is 4.94. The summed E-state index contributed by atoms with van der Waals surface area (Å²) in [5.41, 5.74) is 0.586. The van der Waals surface area contributed by atoms with E-state index in [2.05, 4.69) is 20.5 Å². The Morgan fingerprint density at radius 2 is 2.19 bits per heavy atom. The molecule has 1 unspecified atom stereocenters. The Labute approximate surface area is 153 Å². The Morgan fingerprint density at radius 3 is 2.96 bits per heavy atom. The van der Waals surface area contributed by atoms with E-state index in [0.717, 1.165) is 41.4 Å². The topological polar surface area (TPSA) is 89.9 Å². The van der Waals surface area contributed by atoms with Crippen molar-refractivity contribution in [1.82, 2.24) is 30.0 Å². The highest BCUT2D eigenvalue weighted by molar-refractivity contribution is 7.13. The van der Waals surface area contributed by atoms with Gasteiger partial charge in [-0.05, 0) is 38.3 Å². The van der Waals surface area contributed by atoms with Crippen molar-refractivity contribution in [2.45, 2.75) is 38.1 Å². The monoisotopic (exact) mass is 370 g/mol. The van der Waals surface area contributed by atoms with E-state index in [9.17, 15) is 4.79 Å². The molecule has 3 aromatic rings. The largest absolute Gasteiger partial charge is 0.336 e. The molecule has 1 aliphatic carbocycles. The third-order valence-corrected chi connectivity index (χ3v) is 5.88. The average Bonchev–Trinajstić information content (AvgIpc) is 3.14. The number of likely N-dealkylation sites (tertiary alicyclic amines) is 1. The van der Waals surface area contributed by atoms with E-state index < -0.39 is 0 Å². The number of carbonyl (C=O) groups excluding carboxylic acids is 1. The van der Waals surface area contributed by atoms with Crippen LogP contribution in [-0.4, -0.2) is 49.0 Å². The summed E-state index contributed by atoms with van der Waals surface area (Å²) in [7, 11) is 0. The van der Waals surface area contributed by atoms with Gasteiger partial charge in [0.15, 0.2) is 11.5 Å². The minimum Gasteiger partial charge on any atom is -0.336 e. The molecular formula is C17H18N6O2S. The molecule has 9 heteroatoms. The SMILES string of the molecule is Cc1ccc(C(=O)N2CCC(n3cc(-c4nc(C5CC5)no4)nn3)C2)s1. The first kappa shape index (κ1) is 15.7. The number of carbonyl (C=O) groups is 1. The van der Waals surface area contributed by atoms with Crippen molar-refractivity contribution in [1.29, 1.82) is 0 Å². The van der Waals surface area contributed by atoms with Crippen LogP contribution in [0, 0.1) is 6.92 Å². The smallest absolute Gasteiger partial charge is 0.280 e. The van der Waals surface area contributed by atoms with Crippen LogP contribution in [0.2, 0.25) is 0 Å². The second kappa shape index (κ2) is 6.01. The molecule has 8 nitrogen and oxygen atoms in total. The Balaban J connectivity index is 1.29. The lowest BCUT2D eigenvalue weighted by atomic mass is 10.3. The fourth-order valence-corrected chi connectivity index (χ4v) is 4.08. The maximum atomic E-state index is 12.6. The molecule has 1 amide bonds. The van der Waals surface area contributed by atoms with E-state index in [0.29, 0.717) is 24.0 Å². The first-order chi connectivity index (χ1) is 12.7. The molecule has 0 aromatic carbocycles. The van der Waals surface area contributed by atoms with Gasteiger partial charge in [0.2, 0.25) is 0 Å². The normalized spacial score (nSPS) is 20.0.